The van der Waals surface area contributed by atoms with E-state index in [1.807, 2.05) is 38.1 Å². The Labute approximate surface area is 283 Å². The molecule has 4 aromatic rings. The molecule has 1 atom stereocenters. The van der Waals surface area contributed by atoms with Crippen LogP contribution in [0, 0.1) is 0 Å². The number of ether oxygens (including phenoxy) is 3. The Bertz CT molecular complexity index is 2000. The van der Waals surface area contributed by atoms with Crippen LogP contribution in [0.25, 0.3) is 6.08 Å². The van der Waals surface area contributed by atoms with Gasteiger partial charge >= 0.3 is 5.97 Å². The third-order valence-electron chi connectivity index (χ3n) is 6.80. The first-order valence-electron chi connectivity index (χ1n) is 14.0. The molecule has 0 saturated heterocycles. The molecule has 0 radical (unpaired) electrons. The lowest BCUT2D eigenvalue weighted by Gasteiger charge is -2.26. The minimum atomic E-state index is -0.844. The van der Waals surface area contributed by atoms with Gasteiger partial charge in [0.25, 0.3) is 5.56 Å². The van der Waals surface area contributed by atoms with Crippen molar-refractivity contribution in [2.75, 3.05) is 6.61 Å². The van der Waals surface area contributed by atoms with Crippen molar-refractivity contribution in [3.8, 4) is 11.5 Å². The van der Waals surface area contributed by atoms with Gasteiger partial charge in [-0.2, -0.15) is 0 Å². The lowest BCUT2D eigenvalue weighted by atomic mass is 9.95. The second-order valence-electron chi connectivity index (χ2n) is 10.3. The van der Waals surface area contributed by atoms with Gasteiger partial charge in [-0.1, -0.05) is 82.0 Å². The zero-order valence-electron chi connectivity index (χ0n) is 24.7. The van der Waals surface area contributed by atoms with E-state index in [2.05, 4.69) is 4.99 Å². The molecule has 0 fully saturated rings. The third kappa shape index (κ3) is 7.11. The molecule has 0 N–H and O–H groups in total. The van der Waals surface area contributed by atoms with Gasteiger partial charge in [0.05, 0.1) is 33.5 Å². The Morgan fingerprint density at radius 3 is 2.49 bits per heavy atom. The predicted octanol–water partition coefficient (Wildman–Crippen LogP) is 7.78. The molecule has 5 rings (SSSR count). The minimum absolute atomic E-state index is 0.0914. The number of carbonyl (C=O) groups is 1. The normalized spacial score (nSPS) is 14.8. The van der Waals surface area contributed by atoms with Gasteiger partial charge in [-0.25, -0.2) is 9.79 Å². The Morgan fingerprint density at radius 2 is 1.78 bits per heavy atom. The zero-order chi connectivity index (χ0) is 32.4. The zero-order valence-corrected chi connectivity index (χ0v) is 28.5. The number of carbonyl (C=O) groups excluding carboxylic acids is 1. The van der Waals surface area contributed by atoms with E-state index in [0.29, 0.717) is 58.3 Å². The van der Waals surface area contributed by atoms with Gasteiger partial charge in [-0.05, 0) is 64.1 Å². The van der Waals surface area contributed by atoms with Crippen molar-refractivity contribution in [2.45, 2.75) is 46.4 Å². The van der Waals surface area contributed by atoms with Crippen LogP contribution in [0.2, 0.25) is 20.1 Å². The van der Waals surface area contributed by atoms with Crippen LogP contribution in [-0.4, -0.2) is 23.2 Å². The number of hydrogen-bond acceptors (Lipinski definition) is 7. The fourth-order valence-corrected chi connectivity index (χ4v) is 6.99. The molecule has 0 saturated carbocycles. The van der Waals surface area contributed by atoms with E-state index in [1.165, 1.54) is 15.9 Å². The summed E-state index contributed by atoms with van der Waals surface area (Å²) in [5.74, 6) is 0.297. The molecule has 0 aliphatic carbocycles. The molecule has 0 spiro atoms. The van der Waals surface area contributed by atoms with Crippen molar-refractivity contribution in [1.29, 1.82) is 0 Å². The van der Waals surface area contributed by atoms with E-state index in [4.69, 9.17) is 60.6 Å². The molecule has 7 nitrogen and oxygen atoms in total. The number of nitrogens with zero attached hydrogens (tertiary/aromatic N) is 2. The highest BCUT2D eigenvalue weighted by Crippen LogP contribution is 2.37. The SMILES string of the molecule is CCOC(=O)C1=C(C)N=c2s/c(=C\c3cc(Cl)cc(Cl)c3OCc3ccc(Cl)cc3Cl)c(=O)n2[C@H]1c1ccccc1OC(C)C. The Kier molecular flexibility index (Phi) is 10.3. The quantitative estimate of drug-likeness (QED) is 0.166. The molecule has 45 heavy (non-hydrogen) atoms. The molecule has 1 aliphatic heterocycles. The summed E-state index contributed by atoms with van der Waals surface area (Å²) in [7, 11) is 0. The number of fused-ring (bicyclic) bond motifs is 1. The molecule has 1 aromatic heterocycles. The highest BCUT2D eigenvalue weighted by atomic mass is 35.5. The van der Waals surface area contributed by atoms with Gasteiger partial charge in [0.1, 0.15) is 24.1 Å². The Hall–Kier alpha value is -3.27. The molecule has 234 valence electrons. The van der Waals surface area contributed by atoms with E-state index >= 15 is 0 Å². The topological polar surface area (TPSA) is 79.1 Å². The van der Waals surface area contributed by atoms with E-state index in [9.17, 15) is 9.59 Å². The van der Waals surface area contributed by atoms with Crippen LogP contribution in [0.5, 0.6) is 11.5 Å². The van der Waals surface area contributed by atoms with Crippen molar-refractivity contribution in [3.05, 3.63) is 122 Å². The van der Waals surface area contributed by atoms with E-state index in [1.54, 1.807) is 50.3 Å². The van der Waals surface area contributed by atoms with Crippen molar-refractivity contribution in [1.82, 2.24) is 4.57 Å². The summed E-state index contributed by atoms with van der Waals surface area (Å²) >= 11 is 26.5. The number of allylic oxidation sites excluding steroid dienone is 1. The van der Waals surface area contributed by atoms with Crippen LogP contribution in [0.4, 0.5) is 0 Å². The summed E-state index contributed by atoms with van der Waals surface area (Å²) in [6.45, 7) is 7.53. The lowest BCUT2D eigenvalue weighted by molar-refractivity contribution is -0.139. The van der Waals surface area contributed by atoms with E-state index < -0.39 is 12.0 Å². The van der Waals surface area contributed by atoms with E-state index in [0.717, 1.165) is 0 Å². The number of esters is 1. The molecule has 0 unspecified atom stereocenters. The van der Waals surface area contributed by atoms with Crippen molar-refractivity contribution in [3.63, 3.8) is 0 Å². The molecule has 1 aliphatic rings. The highest BCUT2D eigenvalue weighted by Gasteiger charge is 2.35. The molecular formula is C33H28Cl4N2O5S. The second-order valence-corrected chi connectivity index (χ2v) is 13.0. The molecule has 12 heteroatoms. The standard InChI is InChI=1S/C33H28Cl4N2O5S/c1-5-42-32(41)28-18(4)38-33-39(29(28)23-8-6-7-9-26(23)44-17(2)3)31(40)27(45-33)13-20-12-22(35)15-25(37)30(20)43-16-19-10-11-21(34)14-24(19)36/h6-15,17,29H,5,16H2,1-4H3/b27-13-/t29-/m0/s1. The molecular weight excluding hydrogens is 678 g/mol. The second kappa shape index (κ2) is 14.0. The number of hydrogen-bond donors (Lipinski definition) is 0. The van der Waals surface area contributed by atoms with Gasteiger partial charge in [0, 0.05) is 31.8 Å². The fourth-order valence-electron chi connectivity index (χ4n) is 4.92. The molecule has 2 heterocycles. The lowest BCUT2D eigenvalue weighted by Crippen LogP contribution is -2.40. The van der Waals surface area contributed by atoms with Crippen LogP contribution in [0.3, 0.4) is 0 Å². The average molecular weight is 706 g/mol. The van der Waals surface area contributed by atoms with Crippen LogP contribution in [0.1, 0.15) is 50.4 Å². The molecule has 3 aromatic carbocycles. The number of thiazole rings is 1. The van der Waals surface area contributed by atoms with Gasteiger partial charge < -0.3 is 14.2 Å². The number of halogens is 4. The number of para-hydroxylation sites is 1. The minimum Gasteiger partial charge on any atom is -0.491 e. The Morgan fingerprint density at radius 1 is 1.04 bits per heavy atom. The van der Waals surface area contributed by atoms with Crippen LogP contribution < -0.4 is 24.4 Å². The third-order valence-corrected chi connectivity index (χ3v) is 8.87. The number of aromatic nitrogens is 1. The van der Waals surface area contributed by atoms with Gasteiger partial charge in [-0.3, -0.25) is 9.36 Å². The molecule has 0 bridgehead atoms. The average Bonchev–Trinajstić information content (AvgIpc) is 3.26. The van der Waals surface area contributed by atoms with Gasteiger partial charge in [0.15, 0.2) is 4.80 Å². The van der Waals surface area contributed by atoms with E-state index in [-0.39, 0.29) is 35.5 Å². The highest BCUT2D eigenvalue weighted by molar-refractivity contribution is 7.07. The van der Waals surface area contributed by atoms with Crippen molar-refractivity contribution < 1.29 is 19.0 Å². The smallest absolute Gasteiger partial charge is 0.338 e. The predicted molar refractivity (Wildman–Crippen MR) is 180 cm³/mol. The summed E-state index contributed by atoms with van der Waals surface area (Å²) < 4.78 is 19.5. The maximum Gasteiger partial charge on any atom is 0.338 e. The maximum atomic E-state index is 14.2. The first-order chi connectivity index (χ1) is 21.5. The summed E-state index contributed by atoms with van der Waals surface area (Å²) in [5.41, 5.74) is 2.13. The first-order valence-corrected chi connectivity index (χ1v) is 16.3. The van der Waals surface area contributed by atoms with Crippen molar-refractivity contribution in [2.24, 2.45) is 4.99 Å². The van der Waals surface area contributed by atoms with Crippen LogP contribution in [0.15, 0.2) is 75.7 Å². The number of benzene rings is 3. The first kappa shape index (κ1) is 33.1. The summed E-state index contributed by atoms with van der Waals surface area (Å²) in [6.07, 6.45) is 1.50. The monoisotopic (exact) mass is 704 g/mol. The van der Waals surface area contributed by atoms with Gasteiger partial charge in [0.2, 0.25) is 0 Å². The van der Waals surface area contributed by atoms with Crippen molar-refractivity contribution >= 4 is 69.8 Å². The molecule has 0 amide bonds. The van der Waals surface area contributed by atoms with Gasteiger partial charge in [-0.15, -0.1) is 0 Å². The summed E-state index contributed by atoms with van der Waals surface area (Å²) in [6, 6.07) is 14.8. The maximum absolute atomic E-state index is 14.2. The summed E-state index contributed by atoms with van der Waals surface area (Å²) in [4.78, 5) is 32.6. The number of rotatable bonds is 9. The summed E-state index contributed by atoms with van der Waals surface area (Å²) in [5, 5.41) is 1.55. The Balaban J connectivity index is 1.67. The van der Waals surface area contributed by atoms with Crippen LogP contribution in [-0.2, 0) is 16.1 Å². The van der Waals surface area contributed by atoms with Crippen LogP contribution >= 0.6 is 57.7 Å². The largest absolute Gasteiger partial charge is 0.491 e. The fraction of sp³-hybridized carbons (Fsp3) is 0.242.